The molecule has 12 heteroatoms. The molecule has 4 aromatic rings. The third-order valence-electron chi connectivity index (χ3n) is 7.67. The summed E-state index contributed by atoms with van der Waals surface area (Å²) in [5, 5.41) is 0. The first-order valence-corrected chi connectivity index (χ1v) is 12.3. The van der Waals surface area contributed by atoms with Gasteiger partial charge >= 0.3 is 0 Å². The van der Waals surface area contributed by atoms with E-state index < -0.39 is 0 Å². The lowest BCUT2D eigenvalue weighted by atomic mass is 9.63. The lowest BCUT2D eigenvalue weighted by molar-refractivity contribution is 0.139. The van der Waals surface area contributed by atoms with Crippen LogP contribution in [0.3, 0.4) is 0 Å². The molecule has 0 bridgehead atoms. The van der Waals surface area contributed by atoms with Crippen molar-refractivity contribution in [2.24, 2.45) is 11.8 Å². The van der Waals surface area contributed by atoms with Crippen LogP contribution >= 0.6 is 0 Å². The van der Waals surface area contributed by atoms with Gasteiger partial charge in [0.2, 0.25) is 0 Å². The average molecular weight is 483 g/mol. The van der Waals surface area contributed by atoms with Crippen LogP contribution in [0.2, 0.25) is 0 Å². The quantitative estimate of drug-likeness (QED) is 0.410. The largest absolute Gasteiger partial charge is 0.225 e. The first kappa shape index (κ1) is 22.5. The molecule has 4 aromatic heterocycles. The van der Waals surface area contributed by atoms with Crippen LogP contribution in [0.4, 0.5) is 0 Å². The number of hydrogen-bond donors (Lipinski definition) is 0. The van der Waals surface area contributed by atoms with E-state index >= 15 is 0 Å². The van der Waals surface area contributed by atoms with Crippen molar-refractivity contribution in [3.63, 3.8) is 0 Å². The first-order valence-electron chi connectivity index (χ1n) is 12.3. The molecule has 0 radical (unpaired) electrons. The highest BCUT2D eigenvalue weighted by atomic mass is 15.0. The fourth-order valence-electron chi connectivity index (χ4n) is 6.17. The molecule has 0 N–H and O–H groups in total. The van der Waals surface area contributed by atoms with Gasteiger partial charge in [0.15, 0.2) is 0 Å². The van der Waals surface area contributed by atoms with Gasteiger partial charge in [-0.05, 0) is 50.4 Å². The summed E-state index contributed by atoms with van der Waals surface area (Å²) in [4.78, 5) is 52.1. The van der Waals surface area contributed by atoms with Crippen molar-refractivity contribution in [1.29, 1.82) is 0 Å². The summed E-state index contributed by atoms with van der Waals surface area (Å²) >= 11 is 0. The van der Waals surface area contributed by atoms with E-state index in [1.165, 1.54) is 0 Å². The lowest BCUT2D eigenvalue weighted by Crippen LogP contribution is -2.33. The van der Waals surface area contributed by atoms with Gasteiger partial charge in [-0.1, -0.05) is 0 Å². The summed E-state index contributed by atoms with van der Waals surface area (Å²) in [5.41, 5.74) is 0. The molecule has 0 aromatic carbocycles. The lowest BCUT2D eigenvalue weighted by Gasteiger charge is -2.42. The minimum atomic E-state index is 0.210. The summed E-state index contributed by atoms with van der Waals surface area (Å²) in [5.74, 6) is 5.06. The van der Waals surface area contributed by atoms with E-state index in [-0.39, 0.29) is 23.7 Å². The van der Waals surface area contributed by atoms with Crippen molar-refractivity contribution < 1.29 is 0 Å². The number of nitrogens with zero attached hydrogens (tertiary/aromatic N) is 12. The first-order chi connectivity index (χ1) is 17.8. The Labute approximate surface area is 208 Å². The second-order valence-electron chi connectivity index (χ2n) is 9.71. The highest BCUT2D eigenvalue weighted by Crippen LogP contribution is 2.51. The van der Waals surface area contributed by atoms with Crippen LogP contribution in [0.15, 0.2) is 50.6 Å². The molecule has 2 saturated carbocycles. The highest BCUT2D eigenvalue weighted by molar-refractivity contribution is 5.11. The molecule has 2 aliphatic rings. The van der Waals surface area contributed by atoms with Gasteiger partial charge in [0.1, 0.15) is 73.9 Å². The fourth-order valence-corrected chi connectivity index (χ4v) is 6.17. The van der Waals surface area contributed by atoms with E-state index in [2.05, 4.69) is 59.8 Å². The molecule has 0 aliphatic heterocycles. The van der Waals surface area contributed by atoms with Crippen molar-refractivity contribution >= 4 is 0 Å². The summed E-state index contributed by atoms with van der Waals surface area (Å²) in [6.07, 6.45) is 18.5. The molecule has 2 aliphatic carbocycles. The molecule has 0 spiro atoms. The maximum atomic E-state index is 4.51. The SMILES string of the molecule is c1ncnc(C2CC(c3ncncn3)CC(C3CC(c4ncncn4)CC(c4ncncn4)C3)C2)n1. The monoisotopic (exact) mass is 482 g/mol. The molecule has 2 fully saturated rings. The second kappa shape index (κ2) is 10.3. The van der Waals surface area contributed by atoms with Crippen molar-refractivity contribution in [3.05, 3.63) is 73.9 Å². The zero-order valence-electron chi connectivity index (χ0n) is 19.7. The van der Waals surface area contributed by atoms with Gasteiger partial charge in [-0.2, -0.15) is 0 Å². The molecule has 6 rings (SSSR count). The number of hydrogen-bond acceptors (Lipinski definition) is 12. The Morgan fingerprint density at radius 2 is 0.556 bits per heavy atom. The van der Waals surface area contributed by atoms with Crippen LogP contribution in [0.5, 0.6) is 0 Å². The molecular weight excluding hydrogens is 456 g/mol. The van der Waals surface area contributed by atoms with Gasteiger partial charge in [0.25, 0.3) is 0 Å². The fraction of sp³-hybridized carbons (Fsp3) is 0.500. The molecule has 4 atom stereocenters. The Morgan fingerprint density at radius 3 is 0.778 bits per heavy atom. The van der Waals surface area contributed by atoms with Crippen LogP contribution in [0, 0.1) is 11.8 Å². The maximum Gasteiger partial charge on any atom is 0.135 e. The molecule has 12 nitrogen and oxygen atoms in total. The van der Waals surface area contributed by atoms with Gasteiger partial charge in [-0.25, -0.2) is 59.8 Å². The van der Waals surface area contributed by atoms with E-state index in [0.717, 1.165) is 61.8 Å². The Bertz CT molecular complexity index is 1040. The van der Waals surface area contributed by atoms with Crippen molar-refractivity contribution in [3.8, 4) is 0 Å². The van der Waals surface area contributed by atoms with Gasteiger partial charge in [0.05, 0.1) is 0 Å². The van der Waals surface area contributed by atoms with Crippen molar-refractivity contribution in [1.82, 2.24) is 59.8 Å². The molecule has 4 unspecified atom stereocenters. The molecule has 36 heavy (non-hydrogen) atoms. The van der Waals surface area contributed by atoms with Crippen LogP contribution in [0.1, 0.15) is 85.5 Å². The van der Waals surface area contributed by atoms with E-state index in [1.54, 1.807) is 50.6 Å². The minimum Gasteiger partial charge on any atom is -0.225 e. The molecular formula is C24H26N12. The predicted octanol–water partition coefficient (Wildman–Crippen LogP) is 2.46. The van der Waals surface area contributed by atoms with Gasteiger partial charge in [0, 0.05) is 23.7 Å². The molecule has 0 saturated heterocycles. The van der Waals surface area contributed by atoms with Gasteiger partial charge < -0.3 is 0 Å². The summed E-state index contributed by atoms with van der Waals surface area (Å²) in [7, 11) is 0. The van der Waals surface area contributed by atoms with Crippen LogP contribution < -0.4 is 0 Å². The average Bonchev–Trinajstić information content (AvgIpc) is 2.98. The van der Waals surface area contributed by atoms with Gasteiger partial charge in [-0.3, -0.25) is 0 Å². The predicted molar refractivity (Wildman–Crippen MR) is 125 cm³/mol. The smallest absolute Gasteiger partial charge is 0.135 e. The number of rotatable bonds is 5. The Morgan fingerprint density at radius 1 is 0.333 bits per heavy atom. The van der Waals surface area contributed by atoms with E-state index in [0.29, 0.717) is 11.8 Å². The standard InChI is InChI=1S/C24H26N12/c1-15(2-18(22-31-9-26-10-32-22)5-17(1)21-29-7-25-8-30-21)16-3-19(23-33-11-27-12-34-23)6-20(4-16)24-35-13-28-14-36-24/h7-20H,1-6H2. The summed E-state index contributed by atoms with van der Waals surface area (Å²) < 4.78 is 0. The van der Waals surface area contributed by atoms with Crippen LogP contribution in [-0.4, -0.2) is 59.8 Å². The van der Waals surface area contributed by atoms with Gasteiger partial charge in [-0.15, -0.1) is 0 Å². The zero-order valence-corrected chi connectivity index (χ0v) is 19.7. The molecule has 182 valence electrons. The minimum absolute atomic E-state index is 0.210. The topological polar surface area (TPSA) is 155 Å². The Kier molecular flexibility index (Phi) is 6.46. The van der Waals surface area contributed by atoms with E-state index in [4.69, 9.17) is 0 Å². The van der Waals surface area contributed by atoms with E-state index in [9.17, 15) is 0 Å². The number of aromatic nitrogens is 12. The Hall–Kier alpha value is -3.96. The normalized spacial score (nSPS) is 28.4. The zero-order chi connectivity index (χ0) is 24.2. The van der Waals surface area contributed by atoms with Crippen molar-refractivity contribution in [2.75, 3.05) is 0 Å². The third kappa shape index (κ3) is 4.88. The summed E-state index contributed by atoms with van der Waals surface area (Å²) in [6, 6.07) is 0. The van der Waals surface area contributed by atoms with Crippen molar-refractivity contribution in [2.45, 2.75) is 62.2 Å². The van der Waals surface area contributed by atoms with Crippen LogP contribution in [-0.2, 0) is 0 Å². The third-order valence-corrected chi connectivity index (χ3v) is 7.67. The highest BCUT2D eigenvalue weighted by Gasteiger charge is 2.42. The van der Waals surface area contributed by atoms with Crippen LogP contribution in [0.25, 0.3) is 0 Å². The van der Waals surface area contributed by atoms with E-state index in [1.807, 2.05) is 0 Å². The maximum absolute atomic E-state index is 4.51. The molecule has 0 amide bonds. The summed E-state index contributed by atoms with van der Waals surface area (Å²) in [6.45, 7) is 0. The second-order valence-corrected chi connectivity index (χ2v) is 9.71. The molecule has 4 heterocycles. The Balaban J connectivity index is 1.32.